The molecule has 1 rings (SSSR count). The van der Waals surface area contributed by atoms with Gasteiger partial charge >= 0.3 is 6.03 Å². The molecule has 0 aliphatic carbocycles. The fourth-order valence-electron chi connectivity index (χ4n) is 1.09. The number of hydrogen-bond donors (Lipinski definition) is 2. The molecule has 1 atom stereocenters. The van der Waals surface area contributed by atoms with Gasteiger partial charge in [-0.2, -0.15) is 5.26 Å². The Morgan fingerprint density at radius 1 is 1.29 bits per heavy atom. The van der Waals surface area contributed by atoms with Crippen LogP contribution in [-0.2, 0) is 4.79 Å². The van der Waals surface area contributed by atoms with E-state index < -0.39 is 12.1 Å². The average molecular weight is 231 g/mol. The molecule has 0 bridgehead atoms. The molecule has 5 heteroatoms. The highest BCUT2D eigenvalue weighted by molar-refractivity contribution is 5.93. The average Bonchev–Trinajstić information content (AvgIpc) is 2.29. The molecule has 0 aromatic heterocycles. The van der Waals surface area contributed by atoms with Crippen LogP contribution in [0.1, 0.15) is 19.4 Å². The van der Waals surface area contributed by atoms with Crippen molar-refractivity contribution in [3.8, 4) is 6.07 Å². The van der Waals surface area contributed by atoms with E-state index in [9.17, 15) is 9.59 Å². The number of nitrogens with zero attached hydrogens (tertiary/aromatic N) is 1. The second-order valence-corrected chi connectivity index (χ2v) is 3.62. The molecule has 88 valence electrons. The molecule has 17 heavy (non-hydrogen) atoms. The Hall–Kier alpha value is -2.35. The van der Waals surface area contributed by atoms with E-state index in [1.54, 1.807) is 31.2 Å². The van der Waals surface area contributed by atoms with E-state index >= 15 is 0 Å². The summed E-state index contributed by atoms with van der Waals surface area (Å²) in [7, 11) is 0. The summed E-state index contributed by atoms with van der Waals surface area (Å²) >= 11 is 0. The van der Waals surface area contributed by atoms with Gasteiger partial charge in [0.25, 0.3) is 0 Å². The molecule has 0 saturated carbocycles. The van der Waals surface area contributed by atoms with Gasteiger partial charge in [0.2, 0.25) is 0 Å². The van der Waals surface area contributed by atoms with Gasteiger partial charge < -0.3 is 10.6 Å². The van der Waals surface area contributed by atoms with E-state index in [-0.39, 0.29) is 5.78 Å². The van der Waals surface area contributed by atoms with Gasteiger partial charge in [-0.15, -0.1) is 0 Å². The predicted molar refractivity (Wildman–Crippen MR) is 63.5 cm³/mol. The third kappa shape index (κ3) is 3.95. The van der Waals surface area contributed by atoms with Crippen molar-refractivity contribution in [3.63, 3.8) is 0 Å². The van der Waals surface area contributed by atoms with Crippen molar-refractivity contribution in [1.82, 2.24) is 5.32 Å². The van der Waals surface area contributed by atoms with Crippen LogP contribution in [0.3, 0.4) is 0 Å². The molecule has 0 unspecified atom stereocenters. The van der Waals surface area contributed by atoms with Gasteiger partial charge in [-0.25, -0.2) is 4.79 Å². The number of anilines is 1. The number of benzene rings is 1. The third-order valence-corrected chi connectivity index (χ3v) is 2.23. The lowest BCUT2D eigenvalue weighted by Gasteiger charge is -2.11. The zero-order valence-electron chi connectivity index (χ0n) is 9.65. The first-order valence-corrected chi connectivity index (χ1v) is 5.11. The molecule has 0 radical (unpaired) electrons. The van der Waals surface area contributed by atoms with Crippen molar-refractivity contribution in [1.29, 1.82) is 5.26 Å². The van der Waals surface area contributed by atoms with E-state index in [0.29, 0.717) is 11.3 Å². The fraction of sp³-hybridized carbons (Fsp3) is 0.250. The van der Waals surface area contributed by atoms with Crippen LogP contribution >= 0.6 is 0 Å². The lowest BCUT2D eigenvalue weighted by molar-refractivity contribution is -0.118. The molecule has 1 aromatic carbocycles. The van der Waals surface area contributed by atoms with Crippen molar-refractivity contribution in [2.24, 2.45) is 0 Å². The van der Waals surface area contributed by atoms with Crippen LogP contribution in [-0.4, -0.2) is 17.9 Å². The minimum atomic E-state index is -0.520. The van der Waals surface area contributed by atoms with E-state index in [1.165, 1.54) is 6.92 Å². The Labute approximate surface area is 99.4 Å². The smallest absolute Gasteiger partial charge is 0.319 e. The number of ketones is 1. The first-order valence-electron chi connectivity index (χ1n) is 5.11. The Morgan fingerprint density at radius 2 is 1.88 bits per heavy atom. The van der Waals surface area contributed by atoms with Crippen LogP contribution < -0.4 is 10.6 Å². The second kappa shape index (κ2) is 5.66. The molecular formula is C12H13N3O2. The number of amides is 2. The van der Waals surface area contributed by atoms with Crippen molar-refractivity contribution in [3.05, 3.63) is 29.8 Å². The summed E-state index contributed by atoms with van der Waals surface area (Å²) in [6.07, 6.45) is 0. The predicted octanol–water partition coefficient (Wildman–Crippen LogP) is 1.66. The number of Topliss-reactive ketones (excluding diaryl/α,β-unsaturated/α-hetero) is 1. The summed E-state index contributed by atoms with van der Waals surface area (Å²) in [5.41, 5.74) is 1.09. The van der Waals surface area contributed by atoms with Crippen molar-refractivity contribution in [2.75, 3.05) is 5.32 Å². The van der Waals surface area contributed by atoms with Crippen molar-refractivity contribution < 1.29 is 9.59 Å². The van der Waals surface area contributed by atoms with Crippen LogP contribution in [0.25, 0.3) is 0 Å². The Morgan fingerprint density at radius 3 is 2.35 bits per heavy atom. The van der Waals surface area contributed by atoms with Crippen LogP contribution in [0.15, 0.2) is 24.3 Å². The molecule has 0 saturated heterocycles. The van der Waals surface area contributed by atoms with E-state index in [0.717, 1.165) is 0 Å². The zero-order chi connectivity index (χ0) is 12.8. The number of carbonyl (C=O) groups is 2. The fourth-order valence-corrected chi connectivity index (χ4v) is 1.09. The van der Waals surface area contributed by atoms with Crippen LogP contribution in [0.5, 0.6) is 0 Å². The highest BCUT2D eigenvalue weighted by atomic mass is 16.2. The first kappa shape index (κ1) is 12.7. The summed E-state index contributed by atoms with van der Waals surface area (Å²) < 4.78 is 0. The lowest BCUT2D eigenvalue weighted by Crippen LogP contribution is -2.39. The van der Waals surface area contributed by atoms with Gasteiger partial charge in [0.1, 0.15) is 0 Å². The maximum atomic E-state index is 11.4. The number of rotatable bonds is 3. The zero-order valence-corrected chi connectivity index (χ0v) is 9.65. The molecule has 0 aliphatic rings. The minimum Gasteiger partial charge on any atom is -0.328 e. The van der Waals surface area contributed by atoms with Gasteiger partial charge in [0, 0.05) is 5.69 Å². The second-order valence-electron chi connectivity index (χ2n) is 3.62. The summed E-state index contributed by atoms with van der Waals surface area (Å²) in [5, 5.41) is 13.7. The standard InChI is InChI=1S/C12H13N3O2/c1-8(9(2)16)14-12(17)15-11-5-3-10(7-13)4-6-11/h3-6,8H,1-2H3,(H2,14,15,17)/t8-/m0/s1. The first-order chi connectivity index (χ1) is 8.02. The summed E-state index contributed by atoms with van der Waals surface area (Å²) in [6.45, 7) is 3.02. The topological polar surface area (TPSA) is 82.0 Å². The van der Waals surface area contributed by atoms with E-state index in [4.69, 9.17) is 5.26 Å². The monoisotopic (exact) mass is 231 g/mol. The Kier molecular flexibility index (Phi) is 4.23. The highest BCUT2D eigenvalue weighted by Crippen LogP contribution is 2.08. The molecule has 2 N–H and O–H groups in total. The van der Waals surface area contributed by atoms with Gasteiger partial charge in [-0.1, -0.05) is 0 Å². The molecule has 5 nitrogen and oxygen atoms in total. The van der Waals surface area contributed by atoms with Crippen molar-refractivity contribution >= 4 is 17.5 Å². The van der Waals surface area contributed by atoms with Gasteiger partial charge in [-0.3, -0.25) is 4.79 Å². The lowest BCUT2D eigenvalue weighted by atomic mass is 10.2. The maximum Gasteiger partial charge on any atom is 0.319 e. The molecular weight excluding hydrogens is 218 g/mol. The highest BCUT2D eigenvalue weighted by Gasteiger charge is 2.10. The van der Waals surface area contributed by atoms with Gasteiger partial charge in [-0.05, 0) is 38.1 Å². The van der Waals surface area contributed by atoms with Crippen molar-refractivity contribution in [2.45, 2.75) is 19.9 Å². The number of urea groups is 1. The molecule has 0 spiro atoms. The number of nitriles is 1. The Balaban J connectivity index is 2.56. The normalized spacial score (nSPS) is 11.1. The van der Waals surface area contributed by atoms with Gasteiger partial charge in [0.05, 0.1) is 17.7 Å². The van der Waals surface area contributed by atoms with Crippen LogP contribution in [0.4, 0.5) is 10.5 Å². The molecule has 0 heterocycles. The van der Waals surface area contributed by atoms with Gasteiger partial charge in [0.15, 0.2) is 5.78 Å². The summed E-state index contributed by atoms with van der Waals surface area (Å²) in [6, 6.07) is 7.46. The largest absolute Gasteiger partial charge is 0.328 e. The summed E-state index contributed by atoms with van der Waals surface area (Å²) in [4.78, 5) is 22.4. The number of hydrogen-bond acceptors (Lipinski definition) is 3. The molecule has 0 aliphatic heterocycles. The SMILES string of the molecule is CC(=O)[C@H](C)NC(=O)Nc1ccc(C#N)cc1. The van der Waals surface area contributed by atoms with E-state index in [1.807, 2.05) is 6.07 Å². The minimum absolute atomic E-state index is 0.111. The Bertz CT molecular complexity index is 460. The van der Waals surface area contributed by atoms with Crippen LogP contribution in [0.2, 0.25) is 0 Å². The number of nitrogens with one attached hydrogen (secondary N) is 2. The summed E-state index contributed by atoms with van der Waals surface area (Å²) in [5.74, 6) is -0.111. The van der Waals surface area contributed by atoms with Crippen LogP contribution in [0, 0.1) is 11.3 Å². The van der Waals surface area contributed by atoms with E-state index in [2.05, 4.69) is 10.6 Å². The molecule has 2 amide bonds. The maximum absolute atomic E-state index is 11.4. The molecule has 1 aromatic rings. The quantitative estimate of drug-likeness (QED) is 0.829. The third-order valence-electron chi connectivity index (χ3n) is 2.23. The number of carbonyl (C=O) groups excluding carboxylic acids is 2. The molecule has 0 fully saturated rings.